The molecule has 0 radical (unpaired) electrons. The van der Waals surface area contributed by atoms with Crippen molar-refractivity contribution < 1.29 is 9.50 Å². The van der Waals surface area contributed by atoms with Gasteiger partial charge in [0.1, 0.15) is 5.75 Å². The topological polar surface area (TPSA) is 32.3 Å². The molecule has 2 aromatic carbocycles. The van der Waals surface area contributed by atoms with Gasteiger partial charge < -0.3 is 10.4 Å². The summed E-state index contributed by atoms with van der Waals surface area (Å²) in [6.07, 6.45) is 0. The van der Waals surface area contributed by atoms with Crippen molar-refractivity contribution in [3.8, 4) is 5.75 Å². The summed E-state index contributed by atoms with van der Waals surface area (Å²) in [5.74, 6) is -0.627. The van der Waals surface area contributed by atoms with E-state index in [0.29, 0.717) is 10.6 Å². The zero-order valence-corrected chi connectivity index (χ0v) is 11.8. The number of anilines is 1. The summed E-state index contributed by atoms with van der Waals surface area (Å²) in [4.78, 5) is 0. The number of aromatic hydroxyl groups is 1. The van der Waals surface area contributed by atoms with Crippen LogP contribution >= 0.6 is 34.8 Å². The molecule has 0 saturated carbocycles. The normalized spacial score (nSPS) is 10.5. The highest BCUT2D eigenvalue weighted by Crippen LogP contribution is 2.32. The van der Waals surface area contributed by atoms with Gasteiger partial charge >= 0.3 is 0 Å². The molecule has 2 rings (SSSR count). The van der Waals surface area contributed by atoms with Gasteiger partial charge in [0.25, 0.3) is 0 Å². The van der Waals surface area contributed by atoms with Crippen molar-refractivity contribution in [3.05, 3.63) is 56.8 Å². The molecule has 0 aromatic heterocycles. The molecule has 0 bridgehead atoms. The van der Waals surface area contributed by atoms with E-state index in [4.69, 9.17) is 34.8 Å². The maximum Gasteiger partial charge on any atom is 0.164 e. The highest BCUT2D eigenvalue weighted by Gasteiger charge is 2.10. The first-order valence-electron chi connectivity index (χ1n) is 5.34. The van der Waals surface area contributed by atoms with Crippen LogP contribution in [0.25, 0.3) is 0 Å². The molecule has 0 fully saturated rings. The number of benzene rings is 2. The molecule has 0 spiro atoms. The van der Waals surface area contributed by atoms with Crippen molar-refractivity contribution >= 4 is 40.5 Å². The van der Waals surface area contributed by atoms with Crippen LogP contribution < -0.4 is 5.32 Å². The molecular weight excluding hydrogens is 312 g/mol. The number of phenols is 1. The Bertz CT molecular complexity index is 619. The number of phenolic OH excluding ortho intramolecular Hbond substituents is 1. The molecular formula is C13H9Cl3FNO. The lowest BCUT2D eigenvalue weighted by Crippen LogP contribution is -2.02. The van der Waals surface area contributed by atoms with E-state index in [1.54, 1.807) is 18.2 Å². The molecule has 100 valence electrons. The van der Waals surface area contributed by atoms with Crippen molar-refractivity contribution in [3.63, 3.8) is 0 Å². The van der Waals surface area contributed by atoms with E-state index in [9.17, 15) is 9.50 Å². The van der Waals surface area contributed by atoms with Crippen molar-refractivity contribution in [2.24, 2.45) is 0 Å². The van der Waals surface area contributed by atoms with Crippen LogP contribution in [0.2, 0.25) is 15.1 Å². The Morgan fingerprint density at radius 3 is 2.58 bits per heavy atom. The van der Waals surface area contributed by atoms with Crippen LogP contribution in [0.5, 0.6) is 5.75 Å². The Kier molecular flexibility index (Phi) is 4.40. The van der Waals surface area contributed by atoms with E-state index < -0.39 is 5.82 Å². The Morgan fingerprint density at radius 2 is 1.84 bits per heavy atom. The fourth-order valence-corrected chi connectivity index (χ4v) is 2.29. The fraction of sp³-hybridized carbons (Fsp3) is 0.0769. The summed E-state index contributed by atoms with van der Waals surface area (Å²) in [7, 11) is 0. The minimum atomic E-state index is -0.545. The van der Waals surface area contributed by atoms with Crippen LogP contribution in [0.3, 0.4) is 0 Å². The average molecular weight is 321 g/mol. The highest BCUT2D eigenvalue weighted by molar-refractivity contribution is 6.35. The quantitative estimate of drug-likeness (QED) is 0.824. The zero-order chi connectivity index (χ0) is 14.0. The van der Waals surface area contributed by atoms with E-state index in [-0.39, 0.29) is 28.0 Å². The lowest BCUT2D eigenvalue weighted by atomic mass is 10.2. The monoisotopic (exact) mass is 319 g/mol. The van der Waals surface area contributed by atoms with Gasteiger partial charge in [0.2, 0.25) is 0 Å². The van der Waals surface area contributed by atoms with Crippen LogP contribution in [0.1, 0.15) is 5.56 Å². The summed E-state index contributed by atoms with van der Waals surface area (Å²) < 4.78 is 13.7. The van der Waals surface area contributed by atoms with Gasteiger partial charge in [0, 0.05) is 17.1 Å². The largest absolute Gasteiger partial charge is 0.506 e. The Hall–Kier alpha value is -1.16. The second-order valence-electron chi connectivity index (χ2n) is 3.85. The van der Waals surface area contributed by atoms with Gasteiger partial charge in [-0.25, -0.2) is 4.39 Å². The minimum Gasteiger partial charge on any atom is -0.506 e. The molecule has 2 N–H and O–H groups in total. The number of nitrogens with one attached hydrogen (secondary N) is 1. The Morgan fingerprint density at radius 1 is 1.11 bits per heavy atom. The third-order valence-electron chi connectivity index (χ3n) is 2.53. The summed E-state index contributed by atoms with van der Waals surface area (Å²) in [5.41, 5.74) is 0.708. The first-order chi connectivity index (χ1) is 8.99. The molecule has 6 heteroatoms. The SMILES string of the molecule is Oc1c(Cl)cc(Cl)cc1CNc1cccc(Cl)c1F. The second-order valence-corrected chi connectivity index (χ2v) is 5.10. The predicted molar refractivity (Wildman–Crippen MR) is 76.9 cm³/mol. The maximum absolute atomic E-state index is 13.7. The fourth-order valence-electron chi connectivity index (χ4n) is 1.58. The summed E-state index contributed by atoms with van der Waals surface area (Å²) in [6, 6.07) is 7.61. The van der Waals surface area contributed by atoms with E-state index in [1.807, 2.05) is 0 Å². The van der Waals surface area contributed by atoms with E-state index >= 15 is 0 Å². The van der Waals surface area contributed by atoms with Gasteiger partial charge in [-0.15, -0.1) is 0 Å². The highest BCUT2D eigenvalue weighted by atomic mass is 35.5. The molecule has 0 aliphatic carbocycles. The van der Waals surface area contributed by atoms with Crippen LogP contribution in [-0.2, 0) is 6.54 Å². The average Bonchev–Trinajstić information content (AvgIpc) is 2.36. The van der Waals surface area contributed by atoms with Crippen LogP contribution in [-0.4, -0.2) is 5.11 Å². The Labute approximate surface area is 124 Å². The van der Waals surface area contributed by atoms with E-state index in [2.05, 4.69) is 5.32 Å². The lowest BCUT2D eigenvalue weighted by Gasteiger charge is -2.11. The third kappa shape index (κ3) is 3.24. The maximum atomic E-state index is 13.7. The molecule has 0 unspecified atom stereocenters. The van der Waals surface area contributed by atoms with E-state index in [0.717, 1.165) is 0 Å². The van der Waals surface area contributed by atoms with Crippen LogP contribution in [0.15, 0.2) is 30.3 Å². The zero-order valence-electron chi connectivity index (χ0n) is 9.55. The van der Waals surface area contributed by atoms with Gasteiger partial charge in [-0.05, 0) is 24.3 Å². The number of hydrogen-bond donors (Lipinski definition) is 2. The van der Waals surface area contributed by atoms with Gasteiger partial charge in [0.05, 0.1) is 15.7 Å². The van der Waals surface area contributed by atoms with Crippen LogP contribution in [0, 0.1) is 5.82 Å². The number of hydrogen-bond acceptors (Lipinski definition) is 2. The second kappa shape index (κ2) is 5.87. The molecule has 2 nitrogen and oxygen atoms in total. The molecule has 0 atom stereocenters. The van der Waals surface area contributed by atoms with Crippen LogP contribution in [0.4, 0.5) is 10.1 Å². The molecule has 0 aliphatic rings. The molecule has 2 aromatic rings. The lowest BCUT2D eigenvalue weighted by molar-refractivity contribution is 0.469. The van der Waals surface area contributed by atoms with Crippen molar-refractivity contribution in [1.82, 2.24) is 0 Å². The van der Waals surface area contributed by atoms with Crippen molar-refractivity contribution in [1.29, 1.82) is 0 Å². The Balaban J connectivity index is 2.21. The van der Waals surface area contributed by atoms with Gasteiger partial charge in [-0.3, -0.25) is 0 Å². The standard InChI is InChI=1S/C13H9Cl3FNO/c14-8-4-7(13(19)10(16)5-8)6-18-11-3-1-2-9(15)12(11)17/h1-5,18-19H,6H2. The van der Waals surface area contributed by atoms with Crippen molar-refractivity contribution in [2.45, 2.75) is 6.54 Å². The summed E-state index contributed by atoms with van der Waals surface area (Å²) in [6.45, 7) is 0.170. The van der Waals surface area contributed by atoms with Crippen molar-refractivity contribution in [2.75, 3.05) is 5.32 Å². The van der Waals surface area contributed by atoms with E-state index in [1.165, 1.54) is 12.1 Å². The molecule has 0 heterocycles. The van der Waals surface area contributed by atoms with Gasteiger partial charge in [0.15, 0.2) is 5.82 Å². The number of halogens is 4. The molecule has 0 aliphatic heterocycles. The molecule has 0 saturated heterocycles. The van der Waals surface area contributed by atoms with Gasteiger partial charge in [-0.2, -0.15) is 0 Å². The summed E-state index contributed by atoms with van der Waals surface area (Å²) >= 11 is 17.3. The predicted octanol–water partition coefficient (Wildman–Crippen LogP) is 5.10. The third-order valence-corrected chi connectivity index (χ3v) is 3.33. The molecule has 0 amide bonds. The van der Waals surface area contributed by atoms with Gasteiger partial charge in [-0.1, -0.05) is 40.9 Å². The first-order valence-corrected chi connectivity index (χ1v) is 6.47. The number of rotatable bonds is 3. The minimum absolute atomic E-state index is 0.0262. The summed E-state index contributed by atoms with van der Waals surface area (Å²) in [5, 5.41) is 13.2. The molecule has 19 heavy (non-hydrogen) atoms. The smallest absolute Gasteiger partial charge is 0.164 e. The first kappa shape index (κ1) is 14.3.